The van der Waals surface area contributed by atoms with Crippen LogP contribution in [-0.2, 0) is 0 Å². The van der Waals surface area contributed by atoms with Crippen molar-refractivity contribution < 1.29 is 14.3 Å². The fourth-order valence-corrected chi connectivity index (χ4v) is 2.38. The Balaban J connectivity index is 2.09. The van der Waals surface area contributed by atoms with Crippen LogP contribution in [0.5, 0.6) is 0 Å². The average Bonchev–Trinajstić information content (AvgIpc) is 2.91. The highest BCUT2D eigenvalue weighted by Crippen LogP contribution is 2.13. The topological polar surface area (TPSA) is 52.6 Å². The highest BCUT2D eigenvalue weighted by Gasteiger charge is 2.23. The van der Waals surface area contributed by atoms with Gasteiger partial charge >= 0.3 is 0 Å². The van der Waals surface area contributed by atoms with Gasteiger partial charge in [0, 0.05) is 19.1 Å². The van der Waals surface area contributed by atoms with Gasteiger partial charge in [0.2, 0.25) is 0 Å². The van der Waals surface area contributed by atoms with E-state index in [1.54, 1.807) is 12.1 Å². The molecule has 5 heteroatoms. The van der Waals surface area contributed by atoms with Crippen molar-refractivity contribution in [1.82, 2.24) is 10.2 Å². The Bertz CT molecular complexity index is 433. The lowest BCUT2D eigenvalue weighted by atomic mass is 10.1. The van der Waals surface area contributed by atoms with Gasteiger partial charge in [0.1, 0.15) is 5.82 Å². The SMILES string of the molecule is O=C(c1ccccc1F)N(CCO)CC1CCCN1. The molecule has 1 heterocycles. The smallest absolute Gasteiger partial charge is 0.256 e. The molecule has 1 amide bonds. The van der Waals surface area contributed by atoms with Gasteiger partial charge in [-0.1, -0.05) is 12.1 Å². The van der Waals surface area contributed by atoms with E-state index >= 15 is 0 Å². The molecule has 104 valence electrons. The zero-order valence-electron chi connectivity index (χ0n) is 10.8. The minimum atomic E-state index is -0.519. The van der Waals surface area contributed by atoms with E-state index in [-0.39, 0.29) is 30.7 Å². The first-order chi connectivity index (χ1) is 9.22. The second-order valence-corrected chi connectivity index (χ2v) is 4.75. The Morgan fingerprint density at radius 1 is 1.47 bits per heavy atom. The summed E-state index contributed by atoms with van der Waals surface area (Å²) in [4.78, 5) is 13.8. The normalized spacial score (nSPS) is 18.5. The fourth-order valence-electron chi connectivity index (χ4n) is 2.38. The Labute approximate surface area is 112 Å². The van der Waals surface area contributed by atoms with Crippen LogP contribution < -0.4 is 5.32 Å². The van der Waals surface area contributed by atoms with Crippen molar-refractivity contribution in [2.75, 3.05) is 26.2 Å². The molecule has 0 saturated carbocycles. The zero-order valence-corrected chi connectivity index (χ0v) is 10.8. The van der Waals surface area contributed by atoms with Crippen LogP contribution in [0.15, 0.2) is 24.3 Å². The number of halogens is 1. The first-order valence-electron chi connectivity index (χ1n) is 6.60. The van der Waals surface area contributed by atoms with Crippen molar-refractivity contribution in [3.8, 4) is 0 Å². The van der Waals surface area contributed by atoms with Gasteiger partial charge in [0.15, 0.2) is 0 Å². The lowest BCUT2D eigenvalue weighted by Gasteiger charge is -2.25. The largest absolute Gasteiger partial charge is 0.395 e. The number of aliphatic hydroxyl groups excluding tert-OH is 1. The van der Waals surface area contributed by atoms with Gasteiger partial charge in [0.05, 0.1) is 12.2 Å². The molecule has 0 aromatic heterocycles. The number of carbonyl (C=O) groups is 1. The van der Waals surface area contributed by atoms with Crippen molar-refractivity contribution >= 4 is 5.91 Å². The Morgan fingerprint density at radius 3 is 2.89 bits per heavy atom. The number of nitrogens with zero attached hydrogens (tertiary/aromatic N) is 1. The van der Waals surface area contributed by atoms with Crippen LogP contribution in [0.4, 0.5) is 4.39 Å². The van der Waals surface area contributed by atoms with E-state index in [9.17, 15) is 9.18 Å². The lowest BCUT2D eigenvalue weighted by Crippen LogP contribution is -2.42. The highest BCUT2D eigenvalue weighted by molar-refractivity contribution is 5.94. The Kier molecular flexibility index (Phi) is 4.87. The van der Waals surface area contributed by atoms with Gasteiger partial charge in [0.25, 0.3) is 5.91 Å². The number of carbonyl (C=O) groups excluding carboxylic acids is 1. The Morgan fingerprint density at radius 2 is 2.26 bits per heavy atom. The van der Waals surface area contributed by atoms with Crippen LogP contribution >= 0.6 is 0 Å². The molecular formula is C14H19FN2O2. The molecule has 1 atom stereocenters. The summed E-state index contributed by atoms with van der Waals surface area (Å²) in [6.45, 7) is 1.57. The van der Waals surface area contributed by atoms with Gasteiger partial charge in [-0.3, -0.25) is 4.79 Å². The van der Waals surface area contributed by atoms with E-state index in [4.69, 9.17) is 5.11 Å². The molecule has 2 rings (SSSR count). The van der Waals surface area contributed by atoms with Gasteiger partial charge in [-0.2, -0.15) is 0 Å². The highest BCUT2D eigenvalue weighted by atomic mass is 19.1. The molecule has 0 spiro atoms. The average molecular weight is 266 g/mol. The minimum Gasteiger partial charge on any atom is -0.395 e. The zero-order chi connectivity index (χ0) is 13.7. The molecule has 0 aliphatic carbocycles. The van der Waals surface area contributed by atoms with Gasteiger partial charge < -0.3 is 15.3 Å². The van der Waals surface area contributed by atoms with Crippen molar-refractivity contribution in [1.29, 1.82) is 0 Å². The second-order valence-electron chi connectivity index (χ2n) is 4.75. The molecule has 1 aromatic carbocycles. The molecule has 2 N–H and O–H groups in total. The summed E-state index contributed by atoms with van der Waals surface area (Å²) in [5.74, 6) is -0.879. The number of nitrogens with one attached hydrogen (secondary N) is 1. The van der Waals surface area contributed by atoms with E-state index in [0.717, 1.165) is 19.4 Å². The molecule has 19 heavy (non-hydrogen) atoms. The monoisotopic (exact) mass is 266 g/mol. The number of rotatable bonds is 5. The summed E-state index contributed by atoms with van der Waals surface area (Å²) in [7, 11) is 0. The third-order valence-corrected chi connectivity index (χ3v) is 3.36. The summed E-state index contributed by atoms with van der Waals surface area (Å²) < 4.78 is 13.6. The summed E-state index contributed by atoms with van der Waals surface area (Å²) >= 11 is 0. The van der Waals surface area contributed by atoms with Gasteiger partial charge in [-0.15, -0.1) is 0 Å². The molecule has 0 radical (unpaired) electrons. The second kappa shape index (κ2) is 6.63. The minimum absolute atomic E-state index is 0.0638. The number of hydrogen-bond donors (Lipinski definition) is 2. The fraction of sp³-hybridized carbons (Fsp3) is 0.500. The molecule has 1 unspecified atom stereocenters. The van der Waals surface area contributed by atoms with E-state index in [1.165, 1.54) is 17.0 Å². The maximum absolute atomic E-state index is 13.6. The van der Waals surface area contributed by atoms with Crippen molar-refractivity contribution in [2.45, 2.75) is 18.9 Å². The van der Waals surface area contributed by atoms with Gasteiger partial charge in [-0.05, 0) is 31.5 Å². The molecule has 1 saturated heterocycles. The number of amides is 1. The van der Waals surface area contributed by atoms with Crippen LogP contribution in [0.25, 0.3) is 0 Å². The summed E-state index contributed by atoms with van der Waals surface area (Å²) in [6.07, 6.45) is 2.10. The van der Waals surface area contributed by atoms with Crippen LogP contribution in [0.2, 0.25) is 0 Å². The summed E-state index contributed by atoms with van der Waals surface area (Å²) in [5.41, 5.74) is 0.0638. The van der Waals surface area contributed by atoms with Gasteiger partial charge in [-0.25, -0.2) is 4.39 Å². The van der Waals surface area contributed by atoms with Crippen LogP contribution in [-0.4, -0.2) is 48.2 Å². The number of benzene rings is 1. The molecule has 1 fully saturated rings. The maximum atomic E-state index is 13.6. The van der Waals surface area contributed by atoms with Crippen molar-refractivity contribution in [3.63, 3.8) is 0 Å². The summed E-state index contributed by atoms with van der Waals surface area (Å²) in [6, 6.07) is 6.19. The molecule has 4 nitrogen and oxygen atoms in total. The molecule has 1 aliphatic heterocycles. The molecular weight excluding hydrogens is 247 g/mol. The number of hydrogen-bond acceptors (Lipinski definition) is 3. The molecule has 1 aliphatic rings. The van der Waals surface area contributed by atoms with Crippen molar-refractivity contribution in [3.05, 3.63) is 35.6 Å². The van der Waals surface area contributed by atoms with E-state index in [1.807, 2.05) is 0 Å². The van der Waals surface area contributed by atoms with Crippen molar-refractivity contribution in [2.24, 2.45) is 0 Å². The first kappa shape index (κ1) is 14.0. The van der Waals surface area contributed by atoms with E-state index in [0.29, 0.717) is 6.54 Å². The van der Waals surface area contributed by atoms with E-state index in [2.05, 4.69) is 5.32 Å². The first-order valence-corrected chi connectivity index (χ1v) is 6.60. The maximum Gasteiger partial charge on any atom is 0.256 e. The van der Waals surface area contributed by atoms with Crippen LogP contribution in [0.1, 0.15) is 23.2 Å². The quantitative estimate of drug-likeness (QED) is 0.836. The van der Waals surface area contributed by atoms with Crippen LogP contribution in [0.3, 0.4) is 0 Å². The van der Waals surface area contributed by atoms with E-state index < -0.39 is 5.82 Å². The third kappa shape index (κ3) is 3.52. The standard InChI is InChI=1S/C14H19FN2O2/c15-13-6-2-1-5-12(13)14(19)17(8-9-18)10-11-4-3-7-16-11/h1-2,5-6,11,16,18H,3-4,7-10H2. The molecule has 0 bridgehead atoms. The molecule has 1 aromatic rings. The predicted octanol–water partition coefficient (Wildman–Crippen LogP) is 1.01. The Hall–Kier alpha value is -1.46. The summed E-state index contributed by atoms with van der Waals surface area (Å²) in [5, 5.41) is 12.4. The number of aliphatic hydroxyl groups is 1. The third-order valence-electron chi connectivity index (χ3n) is 3.36. The lowest BCUT2D eigenvalue weighted by molar-refractivity contribution is 0.0702. The van der Waals surface area contributed by atoms with Crippen LogP contribution in [0, 0.1) is 5.82 Å². The predicted molar refractivity (Wildman–Crippen MR) is 70.4 cm³/mol.